The number of nitrogens with one attached hydrogen (secondary N) is 2. The molecule has 3 N–H and O–H groups in total. The molecule has 1 aromatic carbocycles. The number of hydrogen-bond acceptors (Lipinski definition) is 5. The maximum atomic E-state index is 13.9. The molecule has 0 saturated carbocycles. The van der Waals surface area contributed by atoms with Crippen LogP contribution in [-0.4, -0.2) is 70.0 Å². The van der Waals surface area contributed by atoms with Crippen LogP contribution >= 0.6 is 15.9 Å². The number of carbonyl (C=O) groups excluding carboxylic acids is 3. The second-order valence-electron chi connectivity index (χ2n) is 10.0. The molecule has 3 saturated heterocycles. The minimum atomic E-state index is -1.05. The average Bonchev–Trinajstić information content (AvgIpc) is 3.41. The smallest absolute Gasteiger partial charge is 0.250 e. The molecule has 3 amide bonds. The van der Waals surface area contributed by atoms with Crippen LogP contribution < -0.4 is 10.6 Å². The molecule has 6 atom stereocenters. The molecular formula is C26H36BrN3O5. The minimum absolute atomic E-state index is 0.0900. The first-order valence-electron chi connectivity index (χ1n) is 12.6. The summed E-state index contributed by atoms with van der Waals surface area (Å²) in [5, 5.41) is 15.2. The number of ether oxygens (including phenoxy) is 1. The van der Waals surface area contributed by atoms with Gasteiger partial charge in [0, 0.05) is 30.2 Å². The Kier molecular flexibility index (Phi) is 7.88. The lowest BCUT2D eigenvalue weighted by molar-refractivity contribution is -0.140. The monoisotopic (exact) mass is 549 g/mol. The zero-order chi connectivity index (χ0) is 25.3. The Morgan fingerprint density at radius 2 is 1.91 bits per heavy atom. The molecule has 1 spiro atoms. The third-order valence-corrected chi connectivity index (χ3v) is 8.52. The van der Waals surface area contributed by atoms with Gasteiger partial charge in [-0.3, -0.25) is 14.4 Å². The van der Waals surface area contributed by atoms with Crippen molar-refractivity contribution in [3.63, 3.8) is 0 Å². The summed E-state index contributed by atoms with van der Waals surface area (Å²) in [7, 11) is 0. The van der Waals surface area contributed by atoms with Gasteiger partial charge >= 0.3 is 0 Å². The van der Waals surface area contributed by atoms with Crippen LogP contribution in [-0.2, 0) is 19.1 Å². The summed E-state index contributed by atoms with van der Waals surface area (Å²) in [4.78, 5) is 42.4. The van der Waals surface area contributed by atoms with Crippen molar-refractivity contribution in [3.8, 4) is 0 Å². The summed E-state index contributed by atoms with van der Waals surface area (Å²) in [5.41, 5.74) is 1.57. The highest BCUT2D eigenvalue weighted by Gasteiger charge is 2.76. The lowest BCUT2D eigenvalue weighted by Gasteiger charge is -2.34. The largest absolute Gasteiger partial charge is 0.396 e. The van der Waals surface area contributed by atoms with E-state index in [0.717, 1.165) is 29.7 Å². The van der Waals surface area contributed by atoms with Gasteiger partial charge in [0.25, 0.3) is 0 Å². The van der Waals surface area contributed by atoms with Crippen LogP contribution in [0.25, 0.3) is 0 Å². The van der Waals surface area contributed by atoms with Crippen LogP contribution in [0, 0.1) is 25.7 Å². The van der Waals surface area contributed by atoms with Crippen molar-refractivity contribution in [1.82, 2.24) is 10.2 Å². The van der Waals surface area contributed by atoms with E-state index in [2.05, 4.69) is 26.6 Å². The molecule has 3 heterocycles. The summed E-state index contributed by atoms with van der Waals surface area (Å²) < 4.78 is 6.50. The predicted molar refractivity (Wildman–Crippen MR) is 136 cm³/mol. The molecule has 9 heteroatoms. The number of hydrogen-bond donors (Lipinski definition) is 3. The maximum Gasteiger partial charge on any atom is 0.250 e. The van der Waals surface area contributed by atoms with Crippen molar-refractivity contribution < 1.29 is 24.2 Å². The van der Waals surface area contributed by atoms with E-state index in [-0.39, 0.29) is 29.2 Å². The SMILES string of the molecule is CCCNC(=O)[C@H]1[C@H]2C(=O)N(CCCCCO)C(C(=O)Nc3c(C)cccc3C)C23CC(Br)[C@@H]1O3. The summed E-state index contributed by atoms with van der Waals surface area (Å²) in [6.07, 6.45) is 2.88. The molecule has 0 aromatic heterocycles. The zero-order valence-electron chi connectivity index (χ0n) is 20.7. The molecule has 3 aliphatic rings. The number of aliphatic hydroxyl groups excluding tert-OH is 1. The first-order chi connectivity index (χ1) is 16.8. The molecule has 192 valence electrons. The van der Waals surface area contributed by atoms with Crippen LogP contribution in [0.5, 0.6) is 0 Å². The number of anilines is 1. The number of benzene rings is 1. The fraction of sp³-hybridized carbons (Fsp3) is 0.654. The molecule has 35 heavy (non-hydrogen) atoms. The number of carbonyl (C=O) groups is 3. The average molecular weight is 550 g/mol. The minimum Gasteiger partial charge on any atom is -0.396 e. The Hall–Kier alpha value is -1.97. The number of amides is 3. The molecule has 1 aromatic rings. The van der Waals surface area contributed by atoms with E-state index >= 15 is 0 Å². The fourth-order valence-corrected chi connectivity index (χ4v) is 7.05. The number of aryl methyl sites for hydroxylation is 2. The van der Waals surface area contributed by atoms with Gasteiger partial charge in [-0.25, -0.2) is 0 Å². The van der Waals surface area contributed by atoms with Gasteiger partial charge in [-0.1, -0.05) is 41.1 Å². The van der Waals surface area contributed by atoms with Crippen LogP contribution in [0.1, 0.15) is 50.2 Å². The molecule has 4 rings (SSSR count). The van der Waals surface area contributed by atoms with Gasteiger partial charge in [-0.2, -0.15) is 0 Å². The lowest BCUT2D eigenvalue weighted by atomic mass is 9.70. The van der Waals surface area contributed by atoms with Crippen LogP contribution in [0.3, 0.4) is 0 Å². The number of alkyl halides is 1. The van der Waals surface area contributed by atoms with E-state index in [4.69, 9.17) is 9.84 Å². The van der Waals surface area contributed by atoms with Gasteiger partial charge in [-0.15, -0.1) is 0 Å². The van der Waals surface area contributed by atoms with E-state index in [1.165, 1.54) is 0 Å². The lowest BCUT2D eigenvalue weighted by Crippen LogP contribution is -2.54. The highest BCUT2D eigenvalue weighted by molar-refractivity contribution is 9.09. The molecular weight excluding hydrogens is 514 g/mol. The fourth-order valence-electron chi connectivity index (χ4n) is 6.11. The van der Waals surface area contributed by atoms with Crippen molar-refractivity contribution in [2.24, 2.45) is 11.8 Å². The van der Waals surface area contributed by atoms with Crippen molar-refractivity contribution in [3.05, 3.63) is 29.3 Å². The van der Waals surface area contributed by atoms with Gasteiger partial charge in [-0.05, 0) is 57.1 Å². The maximum absolute atomic E-state index is 13.9. The van der Waals surface area contributed by atoms with E-state index in [1.807, 2.05) is 39.0 Å². The highest BCUT2D eigenvalue weighted by Crippen LogP contribution is 2.60. The third-order valence-electron chi connectivity index (χ3n) is 7.68. The van der Waals surface area contributed by atoms with Crippen molar-refractivity contribution in [2.45, 2.75) is 75.4 Å². The van der Waals surface area contributed by atoms with Gasteiger partial charge in [0.15, 0.2) is 0 Å². The Balaban J connectivity index is 1.68. The summed E-state index contributed by atoms with van der Waals surface area (Å²) in [5.74, 6) is -1.98. The summed E-state index contributed by atoms with van der Waals surface area (Å²) >= 11 is 3.69. The third kappa shape index (κ3) is 4.51. The van der Waals surface area contributed by atoms with Gasteiger partial charge < -0.3 is 25.4 Å². The van der Waals surface area contributed by atoms with E-state index < -0.39 is 29.6 Å². The zero-order valence-corrected chi connectivity index (χ0v) is 22.3. The normalized spacial score (nSPS) is 31.1. The predicted octanol–water partition coefficient (Wildman–Crippen LogP) is 2.68. The number of fused-ring (bicyclic) bond motifs is 1. The topological polar surface area (TPSA) is 108 Å². The highest BCUT2D eigenvalue weighted by atomic mass is 79.9. The molecule has 3 aliphatic heterocycles. The van der Waals surface area contributed by atoms with E-state index in [9.17, 15) is 14.4 Å². The van der Waals surface area contributed by atoms with Crippen molar-refractivity contribution in [2.75, 3.05) is 25.0 Å². The number of aliphatic hydroxyl groups is 1. The Morgan fingerprint density at radius 1 is 1.20 bits per heavy atom. The molecule has 8 nitrogen and oxygen atoms in total. The Morgan fingerprint density at radius 3 is 2.57 bits per heavy atom. The second-order valence-corrected chi connectivity index (χ2v) is 11.2. The number of rotatable bonds is 10. The summed E-state index contributed by atoms with van der Waals surface area (Å²) in [6, 6.07) is 4.99. The molecule has 0 aliphatic carbocycles. The van der Waals surface area contributed by atoms with Crippen molar-refractivity contribution >= 4 is 39.3 Å². The van der Waals surface area contributed by atoms with Crippen LogP contribution in [0.4, 0.5) is 5.69 Å². The molecule has 3 unspecified atom stereocenters. The van der Waals surface area contributed by atoms with Crippen LogP contribution in [0.2, 0.25) is 0 Å². The Bertz CT molecular complexity index is 967. The Labute approximate surface area is 215 Å². The first kappa shape index (κ1) is 26.1. The standard InChI is InChI=1S/C26H36BrN3O5/c1-4-11-28-23(32)18-19-25(34)30(12-6-5-7-13-31)22(26(19)14-17(27)21(18)35-26)24(33)29-20-15(2)9-8-10-16(20)3/h8-10,17-19,21-22,31H,4-7,11-14H2,1-3H3,(H,28,32)(H,29,33)/t17?,18-,19-,21-,22?,26?/m0/s1. The molecule has 3 fully saturated rings. The number of unbranched alkanes of at least 4 members (excludes halogenated alkanes) is 2. The number of halogens is 1. The van der Waals surface area contributed by atoms with Crippen molar-refractivity contribution in [1.29, 1.82) is 0 Å². The van der Waals surface area contributed by atoms with E-state index in [1.54, 1.807) is 4.90 Å². The van der Waals surface area contributed by atoms with Gasteiger partial charge in [0.1, 0.15) is 11.6 Å². The molecule has 2 bridgehead atoms. The van der Waals surface area contributed by atoms with Gasteiger partial charge in [0.2, 0.25) is 17.7 Å². The van der Waals surface area contributed by atoms with Crippen LogP contribution in [0.15, 0.2) is 18.2 Å². The number of likely N-dealkylation sites (tertiary alicyclic amines) is 1. The number of nitrogens with zero attached hydrogens (tertiary/aromatic N) is 1. The quantitative estimate of drug-likeness (QED) is 0.307. The second kappa shape index (κ2) is 10.6. The number of para-hydroxylation sites is 1. The van der Waals surface area contributed by atoms with E-state index in [0.29, 0.717) is 32.4 Å². The van der Waals surface area contributed by atoms with Gasteiger partial charge in [0.05, 0.1) is 17.9 Å². The first-order valence-corrected chi connectivity index (χ1v) is 13.6. The summed E-state index contributed by atoms with van der Waals surface area (Å²) in [6.45, 7) is 6.87. The molecule has 0 radical (unpaired) electrons.